The van der Waals surface area contributed by atoms with Crippen LogP contribution in [0.2, 0.25) is 0 Å². The van der Waals surface area contributed by atoms with Crippen molar-refractivity contribution in [1.82, 2.24) is 5.32 Å². The Kier molecular flexibility index (Phi) is 4.55. The van der Waals surface area contributed by atoms with Crippen LogP contribution in [-0.2, 0) is 21.2 Å². The van der Waals surface area contributed by atoms with Crippen molar-refractivity contribution in [2.75, 3.05) is 6.26 Å². The van der Waals surface area contributed by atoms with Crippen molar-refractivity contribution in [2.24, 2.45) is 0 Å². The molecule has 0 heterocycles. The van der Waals surface area contributed by atoms with E-state index >= 15 is 0 Å². The number of hydrogen-bond donors (Lipinski definition) is 2. The van der Waals surface area contributed by atoms with E-state index in [1.807, 2.05) is 0 Å². The quantitative estimate of drug-likeness (QED) is 0.851. The number of carboxylic acid groups (broad SMARTS) is 1. The van der Waals surface area contributed by atoms with Gasteiger partial charge in [0.25, 0.3) is 0 Å². The van der Waals surface area contributed by atoms with Crippen molar-refractivity contribution in [3.8, 4) is 0 Å². The molecule has 0 atom stereocenters. The third-order valence-electron chi connectivity index (χ3n) is 4.19. The first-order valence-corrected chi connectivity index (χ1v) is 8.95. The standard InChI is InChI=1S/C15H19NO5S/c1-22(20,21)15(8-2-3-9-15)14(19)16-10-11-4-6-12(7-5-11)13(17)18/h4-7H,2-3,8-10H2,1H3,(H,16,19)(H,17,18). The van der Waals surface area contributed by atoms with Gasteiger partial charge >= 0.3 is 5.97 Å². The first-order valence-electron chi connectivity index (χ1n) is 7.06. The van der Waals surface area contributed by atoms with Crippen molar-refractivity contribution in [2.45, 2.75) is 37.0 Å². The summed E-state index contributed by atoms with van der Waals surface area (Å²) in [4.78, 5) is 23.1. The average Bonchev–Trinajstić information content (AvgIpc) is 2.95. The molecule has 22 heavy (non-hydrogen) atoms. The molecule has 0 bridgehead atoms. The molecule has 1 amide bonds. The number of carbonyl (C=O) groups is 2. The minimum atomic E-state index is -3.48. The van der Waals surface area contributed by atoms with Gasteiger partial charge in [-0.2, -0.15) is 0 Å². The molecule has 0 radical (unpaired) electrons. The molecule has 1 aliphatic carbocycles. The topological polar surface area (TPSA) is 101 Å². The van der Waals surface area contributed by atoms with Gasteiger partial charge in [0.2, 0.25) is 5.91 Å². The van der Waals surface area contributed by atoms with Crippen LogP contribution < -0.4 is 5.32 Å². The maximum atomic E-state index is 12.4. The zero-order valence-corrected chi connectivity index (χ0v) is 13.1. The van der Waals surface area contributed by atoms with E-state index in [-0.39, 0.29) is 12.1 Å². The highest BCUT2D eigenvalue weighted by molar-refractivity contribution is 7.92. The lowest BCUT2D eigenvalue weighted by Crippen LogP contribution is -2.49. The average molecular weight is 325 g/mol. The number of benzene rings is 1. The summed E-state index contributed by atoms with van der Waals surface area (Å²) in [7, 11) is -3.48. The van der Waals surface area contributed by atoms with E-state index in [9.17, 15) is 18.0 Å². The number of carboxylic acids is 1. The van der Waals surface area contributed by atoms with Crippen LogP contribution in [0.25, 0.3) is 0 Å². The Hall–Kier alpha value is -1.89. The van der Waals surface area contributed by atoms with Crippen LogP contribution in [0.5, 0.6) is 0 Å². The Labute approximate surface area is 129 Å². The number of rotatable bonds is 5. The maximum absolute atomic E-state index is 12.4. The number of nitrogens with one attached hydrogen (secondary N) is 1. The van der Waals surface area contributed by atoms with Gasteiger partial charge in [0.05, 0.1) is 5.56 Å². The zero-order chi connectivity index (χ0) is 16.4. The van der Waals surface area contributed by atoms with Gasteiger partial charge in [-0.05, 0) is 30.5 Å². The molecule has 120 valence electrons. The van der Waals surface area contributed by atoms with Crippen LogP contribution >= 0.6 is 0 Å². The van der Waals surface area contributed by atoms with E-state index < -0.39 is 26.5 Å². The van der Waals surface area contributed by atoms with Crippen molar-refractivity contribution in [3.63, 3.8) is 0 Å². The normalized spacial score (nSPS) is 17.1. The third-order valence-corrected chi connectivity index (χ3v) is 6.20. The molecule has 1 aromatic rings. The second kappa shape index (κ2) is 6.08. The van der Waals surface area contributed by atoms with E-state index in [2.05, 4.69) is 5.32 Å². The van der Waals surface area contributed by atoms with Gasteiger partial charge in [0.1, 0.15) is 4.75 Å². The van der Waals surface area contributed by atoms with Gasteiger partial charge in [-0.15, -0.1) is 0 Å². The summed E-state index contributed by atoms with van der Waals surface area (Å²) in [6, 6.07) is 6.11. The van der Waals surface area contributed by atoms with Gasteiger partial charge < -0.3 is 10.4 Å². The summed E-state index contributed by atoms with van der Waals surface area (Å²) in [6.45, 7) is 0.177. The molecule has 0 aliphatic heterocycles. The number of amides is 1. The van der Waals surface area contributed by atoms with Gasteiger partial charge in [0, 0.05) is 12.8 Å². The second-order valence-corrected chi connectivity index (χ2v) is 7.98. The molecule has 0 spiro atoms. The fourth-order valence-electron chi connectivity index (χ4n) is 2.82. The molecule has 0 aromatic heterocycles. The summed E-state index contributed by atoms with van der Waals surface area (Å²) < 4.78 is 22.7. The first-order chi connectivity index (χ1) is 10.3. The summed E-state index contributed by atoms with van der Waals surface area (Å²) in [5.74, 6) is -1.48. The van der Waals surface area contributed by atoms with Crippen molar-refractivity contribution in [1.29, 1.82) is 0 Å². The third kappa shape index (κ3) is 3.14. The molecule has 1 aliphatic rings. The van der Waals surface area contributed by atoms with Gasteiger partial charge in [-0.1, -0.05) is 25.0 Å². The summed E-state index contributed by atoms with van der Waals surface area (Å²) in [5.41, 5.74) is 0.887. The van der Waals surface area contributed by atoms with Crippen LogP contribution in [-0.4, -0.2) is 36.4 Å². The second-order valence-electron chi connectivity index (χ2n) is 5.66. The van der Waals surface area contributed by atoms with Crippen LogP contribution in [0.1, 0.15) is 41.6 Å². The maximum Gasteiger partial charge on any atom is 0.335 e. The molecule has 1 saturated carbocycles. The molecular formula is C15H19NO5S. The first kappa shape index (κ1) is 16.5. The van der Waals surface area contributed by atoms with Gasteiger partial charge in [-0.25, -0.2) is 13.2 Å². The summed E-state index contributed by atoms with van der Waals surface area (Å²) in [6.07, 6.45) is 3.28. The lowest BCUT2D eigenvalue weighted by molar-refractivity contribution is -0.123. The molecule has 6 nitrogen and oxygen atoms in total. The Balaban J connectivity index is 2.07. The highest BCUT2D eigenvalue weighted by Crippen LogP contribution is 2.36. The molecule has 0 unspecified atom stereocenters. The van der Waals surface area contributed by atoms with Crippen molar-refractivity contribution < 1.29 is 23.1 Å². The Morgan fingerprint density at radius 3 is 2.18 bits per heavy atom. The minimum absolute atomic E-state index is 0.165. The van der Waals surface area contributed by atoms with Gasteiger partial charge in [-0.3, -0.25) is 4.79 Å². The van der Waals surface area contributed by atoms with Crippen LogP contribution in [0.15, 0.2) is 24.3 Å². The molecule has 1 aromatic carbocycles. The molecular weight excluding hydrogens is 306 g/mol. The fourth-order valence-corrected chi connectivity index (χ4v) is 4.26. The summed E-state index contributed by atoms with van der Waals surface area (Å²) >= 11 is 0. The molecule has 2 N–H and O–H groups in total. The largest absolute Gasteiger partial charge is 0.478 e. The smallest absolute Gasteiger partial charge is 0.335 e. The fraction of sp³-hybridized carbons (Fsp3) is 0.467. The highest BCUT2D eigenvalue weighted by Gasteiger charge is 2.49. The molecule has 1 fully saturated rings. The number of hydrogen-bond acceptors (Lipinski definition) is 4. The van der Waals surface area contributed by atoms with E-state index in [1.54, 1.807) is 12.1 Å². The Morgan fingerprint density at radius 1 is 1.18 bits per heavy atom. The molecule has 0 saturated heterocycles. The van der Waals surface area contributed by atoms with E-state index in [0.717, 1.165) is 24.7 Å². The Bertz CT molecular complexity index is 672. The lowest BCUT2D eigenvalue weighted by Gasteiger charge is -2.25. The predicted molar refractivity (Wildman–Crippen MR) is 81.3 cm³/mol. The minimum Gasteiger partial charge on any atom is -0.478 e. The monoisotopic (exact) mass is 325 g/mol. The Morgan fingerprint density at radius 2 is 1.73 bits per heavy atom. The number of carbonyl (C=O) groups excluding carboxylic acids is 1. The van der Waals surface area contributed by atoms with Crippen LogP contribution in [0.3, 0.4) is 0 Å². The van der Waals surface area contributed by atoms with Crippen LogP contribution in [0, 0.1) is 0 Å². The van der Waals surface area contributed by atoms with Crippen molar-refractivity contribution in [3.05, 3.63) is 35.4 Å². The predicted octanol–water partition coefficient (Wildman–Crippen LogP) is 1.36. The van der Waals surface area contributed by atoms with Crippen molar-refractivity contribution >= 4 is 21.7 Å². The van der Waals surface area contributed by atoms with E-state index in [1.165, 1.54) is 12.1 Å². The zero-order valence-electron chi connectivity index (χ0n) is 12.3. The SMILES string of the molecule is CS(=O)(=O)C1(C(=O)NCc2ccc(C(=O)O)cc2)CCCC1. The van der Waals surface area contributed by atoms with Crippen LogP contribution in [0.4, 0.5) is 0 Å². The molecule has 7 heteroatoms. The lowest BCUT2D eigenvalue weighted by atomic mass is 10.1. The van der Waals surface area contributed by atoms with E-state index in [4.69, 9.17) is 5.11 Å². The summed E-state index contributed by atoms with van der Waals surface area (Å²) in [5, 5.41) is 11.5. The van der Waals surface area contributed by atoms with E-state index in [0.29, 0.717) is 12.8 Å². The number of sulfone groups is 1. The highest BCUT2D eigenvalue weighted by atomic mass is 32.2. The van der Waals surface area contributed by atoms with Gasteiger partial charge in [0.15, 0.2) is 9.84 Å². The number of aromatic carboxylic acids is 1. The molecule has 2 rings (SSSR count).